The number of urea groups is 1. The quantitative estimate of drug-likeness (QED) is 0.472. The molecule has 1 heterocycles. The second kappa shape index (κ2) is 10.6. The third-order valence-corrected chi connectivity index (χ3v) is 3.89. The number of H-pyrrole nitrogens is 2. The predicted molar refractivity (Wildman–Crippen MR) is 90.9 cm³/mol. The lowest BCUT2D eigenvalue weighted by Crippen LogP contribution is -2.44. The molecule has 1 saturated carbocycles. The van der Waals surface area contributed by atoms with Crippen molar-refractivity contribution in [3.8, 4) is 0 Å². The Bertz CT molecular complexity index is 674. The summed E-state index contributed by atoms with van der Waals surface area (Å²) in [5.41, 5.74) is -1.71. The van der Waals surface area contributed by atoms with Crippen molar-refractivity contribution in [1.29, 1.82) is 0 Å². The zero-order valence-electron chi connectivity index (χ0n) is 13.8. The number of aromatic amines is 2. The van der Waals surface area contributed by atoms with Crippen LogP contribution in [0.1, 0.15) is 32.1 Å². The molecule has 1 aromatic heterocycles. The van der Waals surface area contributed by atoms with Gasteiger partial charge in [0.2, 0.25) is 5.82 Å². The van der Waals surface area contributed by atoms with Crippen LogP contribution in [-0.4, -0.2) is 51.4 Å². The van der Waals surface area contributed by atoms with E-state index in [0.29, 0.717) is 18.6 Å². The number of nitrogens with zero attached hydrogens (tertiary/aromatic N) is 3. The maximum atomic E-state index is 12.0. The number of nitroso groups, excluding NO2 is 1. The van der Waals surface area contributed by atoms with E-state index in [1.807, 2.05) is 4.98 Å². The lowest BCUT2D eigenvalue weighted by molar-refractivity contribution is 0.130. The number of nitrogens with one attached hydrogen (secondary N) is 2. The fourth-order valence-electron chi connectivity index (χ4n) is 2.37. The fourth-order valence-corrected chi connectivity index (χ4v) is 2.63. The largest absolute Gasteiger partial charge is 0.343 e. The first-order valence-electron chi connectivity index (χ1n) is 7.81. The van der Waals surface area contributed by atoms with Gasteiger partial charge in [0.1, 0.15) is 0 Å². The van der Waals surface area contributed by atoms with Crippen LogP contribution in [0.4, 0.5) is 9.18 Å². The summed E-state index contributed by atoms with van der Waals surface area (Å²) in [4.78, 5) is 48.1. The Labute approximate surface area is 148 Å². The predicted octanol–water partition coefficient (Wildman–Crippen LogP) is 1.80. The number of alkyl halides is 1. The van der Waals surface area contributed by atoms with Crippen molar-refractivity contribution >= 4 is 17.6 Å². The van der Waals surface area contributed by atoms with E-state index < -0.39 is 17.1 Å². The average molecular weight is 378 g/mol. The molecule has 0 atom stereocenters. The number of halogens is 2. The monoisotopic (exact) mass is 377 g/mol. The molecular formula is C14H21ClFN5O4. The Morgan fingerprint density at radius 1 is 1.36 bits per heavy atom. The summed E-state index contributed by atoms with van der Waals surface area (Å²) >= 11 is 5.55. The zero-order valence-corrected chi connectivity index (χ0v) is 14.6. The molecule has 0 aliphatic heterocycles. The van der Waals surface area contributed by atoms with Gasteiger partial charge in [-0.1, -0.05) is 19.3 Å². The summed E-state index contributed by atoms with van der Waals surface area (Å²) in [6.07, 6.45) is 5.74. The Hall–Kier alpha value is -2.23. The van der Waals surface area contributed by atoms with Crippen molar-refractivity contribution in [3.63, 3.8) is 0 Å². The van der Waals surface area contributed by atoms with Gasteiger partial charge in [0.25, 0.3) is 5.56 Å². The molecule has 0 saturated heterocycles. The number of carbonyl (C=O) groups is 1. The van der Waals surface area contributed by atoms with E-state index in [4.69, 9.17) is 11.6 Å². The number of aromatic nitrogens is 2. The van der Waals surface area contributed by atoms with E-state index in [1.54, 1.807) is 12.0 Å². The SMILES string of the molecule is CN(CCCl)C(=O)N(N=O)C1CCCCC1.O=c1[nH]cc(F)c(=O)[nH]1. The highest BCUT2D eigenvalue weighted by Crippen LogP contribution is 2.23. The maximum Gasteiger partial charge on any atom is 0.343 e. The fraction of sp³-hybridized carbons (Fsp3) is 0.643. The number of rotatable bonds is 4. The molecule has 9 nitrogen and oxygen atoms in total. The van der Waals surface area contributed by atoms with Crippen LogP contribution in [-0.2, 0) is 0 Å². The van der Waals surface area contributed by atoms with Crippen molar-refractivity contribution in [2.45, 2.75) is 38.1 Å². The summed E-state index contributed by atoms with van der Waals surface area (Å²) in [5.74, 6) is -0.630. The highest BCUT2D eigenvalue weighted by atomic mass is 35.5. The van der Waals surface area contributed by atoms with E-state index in [2.05, 4.69) is 5.29 Å². The minimum absolute atomic E-state index is 0.0310. The number of carbonyl (C=O) groups excluding carboxylic acids is 1. The van der Waals surface area contributed by atoms with Gasteiger partial charge in [0, 0.05) is 25.7 Å². The molecule has 25 heavy (non-hydrogen) atoms. The number of hydrogen-bond donors (Lipinski definition) is 2. The Balaban J connectivity index is 0.000000293. The molecule has 1 fully saturated rings. The molecule has 2 rings (SSSR count). The van der Waals surface area contributed by atoms with Gasteiger partial charge in [-0.25, -0.2) is 9.59 Å². The summed E-state index contributed by atoms with van der Waals surface area (Å²) in [5, 5.41) is 3.94. The molecule has 1 aromatic rings. The minimum Gasteiger partial charge on any atom is -0.325 e. The number of hydrogen-bond acceptors (Lipinski definition) is 5. The van der Waals surface area contributed by atoms with E-state index >= 15 is 0 Å². The van der Waals surface area contributed by atoms with Crippen LogP contribution in [0.15, 0.2) is 21.1 Å². The molecule has 0 aromatic carbocycles. The molecule has 0 radical (unpaired) electrons. The summed E-state index contributed by atoms with van der Waals surface area (Å²) in [6, 6.07) is -0.376. The van der Waals surface area contributed by atoms with Crippen LogP contribution in [0.5, 0.6) is 0 Å². The number of amides is 2. The van der Waals surface area contributed by atoms with Crippen molar-refractivity contribution in [2.75, 3.05) is 19.5 Å². The van der Waals surface area contributed by atoms with Crippen LogP contribution >= 0.6 is 11.6 Å². The van der Waals surface area contributed by atoms with Gasteiger partial charge in [-0.3, -0.25) is 9.78 Å². The molecule has 0 spiro atoms. The summed E-state index contributed by atoms with van der Waals surface area (Å²) in [7, 11) is 1.63. The molecule has 1 aliphatic carbocycles. The highest BCUT2D eigenvalue weighted by Gasteiger charge is 2.28. The molecule has 0 bridgehead atoms. The molecular weight excluding hydrogens is 357 g/mol. The zero-order chi connectivity index (χ0) is 18.8. The summed E-state index contributed by atoms with van der Waals surface area (Å²) < 4.78 is 12.0. The van der Waals surface area contributed by atoms with E-state index in [9.17, 15) is 23.7 Å². The second-order valence-electron chi connectivity index (χ2n) is 5.53. The van der Waals surface area contributed by atoms with Gasteiger partial charge < -0.3 is 9.88 Å². The standard InChI is InChI=1S/C10H18ClN3O2.C4H3FN2O2/c1-13(8-7-11)10(15)14(12-16)9-5-3-2-4-6-9;5-2-1-6-4(9)7-3(2)8/h9H,2-8H2,1H3;1H,(H2,6,7,8,9). The first-order chi connectivity index (χ1) is 11.9. The van der Waals surface area contributed by atoms with E-state index in [1.165, 1.54) is 11.3 Å². The third kappa shape index (κ3) is 6.65. The lowest BCUT2D eigenvalue weighted by Gasteiger charge is -2.30. The molecule has 11 heteroatoms. The van der Waals surface area contributed by atoms with Gasteiger partial charge in [-0.05, 0) is 12.8 Å². The van der Waals surface area contributed by atoms with Crippen LogP contribution < -0.4 is 11.2 Å². The molecule has 2 N–H and O–H groups in total. The van der Waals surface area contributed by atoms with Crippen LogP contribution in [0.3, 0.4) is 0 Å². The van der Waals surface area contributed by atoms with Gasteiger partial charge in [-0.2, -0.15) is 9.40 Å². The Morgan fingerprint density at radius 3 is 2.48 bits per heavy atom. The van der Waals surface area contributed by atoms with Gasteiger partial charge in [0.05, 0.1) is 11.3 Å². The van der Waals surface area contributed by atoms with Crippen molar-refractivity contribution in [2.24, 2.45) is 5.29 Å². The van der Waals surface area contributed by atoms with Crippen molar-refractivity contribution in [1.82, 2.24) is 19.9 Å². The van der Waals surface area contributed by atoms with Gasteiger partial charge >= 0.3 is 11.7 Å². The minimum atomic E-state index is -1.00. The first-order valence-corrected chi connectivity index (χ1v) is 8.35. The topological polar surface area (TPSA) is 119 Å². The normalized spacial score (nSPS) is 14.2. The Morgan fingerprint density at radius 2 is 2.00 bits per heavy atom. The third-order valence-electron chi connectivity index (χ3n) is 3.72. The first kappa shape index (κ1) is 20.8. The average Bonchev–Trinajstić information content (AvgIpc) is 2.61. The second-order valence-corrected chi connectivity index (χ2v) is 5.91. The van der Waals surface area contributed by atoms with Crippen LogP contribution in [0.25, 0.3) is 0 Å². The van der Waals surface area contributed by atoms with E-state index in [0.717, 1.165) is 30.7 Å². The summed E-state index contributed by atoms with van der Waals surface area (Å²) in [6.45, 7) is 0.430. The van der Waals surface area contributed by atoms with Gasteiger partial charge in [-0.15, -0.1) is 16.5 Å². The van der Waals surface area contributed by atoms with Gasteiger partial charge in [0.15, 0.2) is 0 Å². The van der Waals surface area contributed by atoms with Crippen LogP contribution in [0, 0.1) is 10.7 Å². The Kier molecular flexibility index (Phi) is 8.82. The van der Waals surface area contributed by atoms with Crippen LogP contribution in [0.2, 0.25) is 0 Å². The molecule has 1 aliphatic rings. The van der Waals surface area contributed by atoms with E-state index in [-0.39, 0.29) is 12.1 Å². The van der Waals surface area contributed by atoms with Crippen molar-refractivity contribution in [3.05, 3.63) is 37.8 Å². The highest BCUT2D eigenvalue weighted by molar-refractivity contribution is 6.18. The lowest BCUT2D eigenvalue weighted by atomic mass is 9.95. The maximum absolute atomic E-state index is 12.0. The molecule has 2 amide bonds. The smallest absolute Gasteiger partial charge is 0.325 e. The molecule has 140 valence electrons. The molecule has 0 unspecified atom stereocenters. The van der Waals surface area contributed by atoms with Crippen molar-refractivity contribution < 1.29 is 9.18 Å².